The molecule has 0 fully saturated rings. The molecule has 0 saturated carbocycles. The van der Waals surface area contributed by atoms with Crippen LogP contribution in [0.3, 0.4) is 0 Å². The highest BCUT2D eigenvalue weighted by Gasteiger charge is 2.07. The van der Waals surface area contributed by atoms with Gasteiger partial charge in [0.25, 0.3) is 0 Å². The van der Waals surface area contributed by atoms with E-state index in [0.717, 1.165) is 5.69 Å². The molecule has 0 aliphatic rings. The zero-order chi connectivity index (χ0) is 14.4. The monoisotopic (exact) mass is 274 g/mol. The van der Waals surface area contributed by atoms with Gasteiger partial charge in [0.05, 0.1) is 17.8 Å². The smallest absolute Gasteiger partial charge is 0.163 e. The van der Waals surface area contributed by atoms with Crippen LogP contribution in [0.1, 0.15) is 23.0 Å². The second-order valence-electron chi connectivity index (χ2n) is 4.40. The van der Waals surface area contributed by atoms with Gasteiger partial charge >= 0.3 is 0 Å². The number of nitrogens with zero attached hydrogens (tertiary/aromatic N) is 3. The van der Waals surface area contributed by atoms with Crippen molar-refractivity contribution in [2.45, 2.75) is 20.0 Å². The molecule has 0 aliphatic carbocycles. The van der Waals surface area contributed by atoms with Crippen LogP contribution >= 0.6 is 0 Å². The maximum atomic E-state index is 11.5. The Labute approximate surface area is 117 Å². The fourth-order valence-corrected chi connectivity index (χ4v) is 1.84. The Balaban J connectivity index is 1.91. The average Bonchev–Trinajstić information content (AvgIpc) is 2.87. The number of aromatic nitrogens is 3. The number of nitrogens with one attached hydrogen (secondary N) is 1. The quantitative estimate of drug-likeness (QED) is 0.770. The summed E-state index contributed by atoms with van der Waals surface area (Å²) in [6, 6.07) is 7.23. The van der Waals surface area contributed by atoms with Gasteiger partial charge < -0.3 is 10.1 Å². The molecule has 1 aromatic heterocycles. The zero-order valence-electron chi connectivity index (χ0n) is 11.7. The summed E-state index contributed by atoms with van der Waals surface area (Å²) in [6.07, 6.45) is 1.87. The molecule has 0 bridgehead atoms. The van der Waals surface area contributed by atoms with Gasteiger partial charge in [-0.1, -0.05) is 17.3 Å². The third kappa shape index (κ3) is 3.64. The Kier molecular flexibility index (Phi) is 4.84. The molecule has 2 rings (SSSR count). The highest BCUT2D eigenvalue weighted by Crippen LogP contribution is 2.18. The molecular formula is C14H18N4O2. The lowest BCUT2D eigenvalue weighted by Crippen LogP contribution is -2.10. The third-order valence-electron chi connectivity index (χ3n) is 2.79. The fourth-order valence-electron chi connectivity index (χ4n) is 1.84. The van der Waals surface area contributed by atoms with Crippen molar-refractivity contribution >= 4 is 5.78 Å². The van der Waals surface area contributed by atoms with E-state index >= 15 is 0 Å². The lowest BCUT2D eigenvalue weighted by molar-refractivity contribution is 0.101. The molecule has 0 aliphatic heterocycles. The first-order valence-corrected chi connectivity index (χ1v) is 6.47. The maximum Gasteiger partial charge on any atom is 0.163 e. The average molecular weight is 274 g/mol. The van der Waals surface area contributed by atoms with Gasteiger partial charge in [-0.2, -0.15) is 0 Å². The van der Waals surface area contributed by atoms with Gasteiger partial charge in [-0.05, 0) is 26.1 Å². The van der Waals surface area contributed by atoms with Crippen LogP contribution in [0, 0.1) is 0 Å². The minimum atomic E-state index is -0.00216. The Hall–Kier alpha value is -2.21. The number of ether oxygens (including phenoxy) is 1. The predicted octanol–water partition coefficient (Wildman–Crippen LogP) is 1.28. The minimum absolute atomic E-state index is 0.00216. The van der Waals surface area contributed by atoms with Crippen molar-refractivity contribution in [2.24, 2.45) is 0 Å². The molecule has 0 unspecified atom stereocenters. The van der Waals surface area contributed by atoms with Crippen LogP contribution in [0.25, 0.3) is 0 Å². The molecule has 2 aromatic rings. The molecule has 106 valence electrons. The van der Waals surface area contributed by atoms with Gasteiger partial charge in [0.1, 0.15) is 12.4 Å². The van der Waals surface area contributed by atoms with E-state index < -0.39 is 0 Å². The van der Waals surface area contributed by atoms with Crippen molar-refractivity contribution in [1.82, 2.24) is 20.3 Å². The number of ketones is 1. The number of hydrogen-bond donors (Lipinski definition) is 1. The van der Waals surface area contributed by atoms with Crippen molar-refractivity contribution in [1.29, 1.82) is 0 Å². The fraction of sp³-hybridized carbons (Fsp3) is 0.357. The van der Waals surface area contributed by atoms with Crippen molar-refractivity contribution in [3.63, 3.8) is 0 Å². The van der Waals surface area contributed by atoms with Crippen LogP contribution in [-0.4, -0.2) is 34.4 Å². The third-order valence-corrected chi connectivity index (χ3v) is 2.79. The minimum Gasteiger partial charge on any atom is -0.491 e. The molecular weight excluding hydrogens is 256 g/mol. The van der Waals surface area contributed by atoms with Gasteiger partial charge in [0.15, 0.2) is 5.78 Å². The number of carbonyl (C=O) groups is 1. The van der Waals surface area contributed by atoms with Crippen LogP contribution in [0.5, 0.6) is 5.75 Å². The Bertz CT molecular complexity index is 580. The summed E-state index contributed by atoms with van der Waals surface area (Å²) in [7, 11) is 1.86. The molecule has 1 aromatic carbocycles. The summed E-state index contributed by atoms with van der Waals surface area (Å²) in [5.41, 5.74) is 1.48. The van der Waals surface area contributed by atoms with Gasteiger partial charge in [-0.25, -0.2) is 4.68 Å². The molecule has 0 radical (unpaired) electrons. The number of hydrogen-bond acceptors (Lipinski definition) is 5. The lowest BCUT2D eigenvalue weighted by Gasteiger charge is -2.09. The highest BCUT2D eigenvalue weighted by atomic mass is 16.5. The van der Waals surface area contributed by atoms with Crippen molar-refractivity contribution in [3.05, 3.63) is 41.7 Å². The van der Waals surface area contributed by atoms with E-state index in [1.165, 1.54) is 6.92 Å². The van der Waals surface area contributed by atoms with Gasteiger partial charge in [-0.15, -0.1) is 5.10 Å². The zero-order valence-corrected chi connectivity index (χ0v) is 11.7. The maximum absolute atomic E-state index is 11.5. The molecule has 1 heterocycles. The SMILES string of the molecule is CNCc1cn(CCOc2ccccc2C(C)=O)nn1. The van der Waals surface area contributed by atoms with E-state index in [1.54, 1.807) is 16.8 Å². The van der Waals surface area contributed by atoms with Gasteiger partial charge in [-0.3, -0.25) is 4.79 Å². The van der Waals surface area contributed by atoms with Crippen molar-refractivity contribution in [2.75, 3.05) is 13.7 Å². The van der Waals surface area contributed by atoms with Gasteiger partial charge in [0, 0.05) is 12.7 Å². The normalized spacial score (nSPS) is 10.5. The van der Waals surface area contributed by atoms with Crippen LogP contribution in [-0.2, 0) is 13.1 Å². The van der Waals surface area contributed by atoms with E-state index in [9.17, 15) is 4.79 Å². The van der Waals surface area contributed by atoms with Crippen LogP contribution in [0.4, 0.5) is 0 Å². The second-order valence-corrected chi connectivity index (χ2v) is 4.40. The summed E-state index contributed by atoms with van der Waals surface area (Å²) in [6.45, 7) is 3.24. The first-order chi connectivity index (χ1) is 9.70. The number of para-hydroxylation sites is 1. The van der Waals surface area contributed by atoms with E-state index in [-0.39, 0.29) is 5.78 Å². The van der Waals surface area contributed by atoms with E-state index in [2.05, 4.69) is 15.6 Å². The summed E-state index contributed by atoms with van der Waals surface area (Å²) >= 11 is 0. The number of carbonyl (C=O) groups excluding carboxylic acids is 1. The Morgan fingerprint density at radius 1 is 1.40 bits per heavy atom. The summed E-state index contributed by atoms with van der Waals surface area (Å²) in [5.74, 6) is 0.605. The van der Waals surface area contributed by atoms with Gasteiger partial charge in [0.2, 0.25) is 0 Å². The van der Waals surface area contributed by atoms with Crippen LogP contribution in [0.2, 0.25) is 0 Å². The second kappa shape index (κ2) is 6.81. The first-order valence-electron chi connectivity index (χ1n) is 6.47. The van der Waals surface area contributed by atoms with E-state index in [0.29, 0.717) is 31.0 Å². The van der Waals surface area contributed by atoms with Crippen LogP contribution < -0.4 is 10.1 Å². The Morgan fingerprint density at radius 3 is 2.95 bits per heavy atom. The topological polar surface area (TPSA) is 69.0 Å². The van der Waals surface area contributed by atoms with Crippen molar-refractivity contribution in [3.8, 4) is 5.75 Å². The predicted molar refractivity (Wildman–Crippen MR) is 74.7 cm³/mol. The molecule has 6 nitrogen and oxygen atoms in total. The van der Waals surface area contributed by atoms with E-state index in [1.807, 2.05) is 25.4 Å². The summed E-state index contributed by atoms with van der Waals surface area (Å²) < 4.78 is 7.37. The lowest BCUT2D eigenvalue weighted by atomic mass is 10.1. The summed E-state index contributed by atoms with van der Waals surface area (Å²) in [4.78, 5) is 11.5. The number of rotatable bonds is 7. The van der Waals surface area contributed by atoms with Crippen molar-refractivity contribution < 1.29 is 9.53 Å². The Morgan fingerprint density at radius 2 is 2.20 bits per heavy atom. The largest absolute Gasteiger partial charge is 0.491 e. The molecule has 0 spiro atoms. The standard InChI is InChI=1S/C14H18N4O2/c1-11(19)13-5-3-4-6-14(13)20-8-7-18-10-12(9-15-2)16-17-18/h3-6,10,15H,7-9H2,1-2H3. The highest BCUT2D eigenvalue weighted by molar-refractivity contribution is 5.96. The van der Waals surface area contributed by atoms with Crippen LogP contribution in [0.15, 0.2) is 30.5 Å². The molecule has 20 heavy (non-hydrogen) atoms. The molecule has 6 heteroatoms. The molecule has 0 saturated heterocycles. The molecule has 1 N–H and O–H groups in total. The molecule has 0 amide bonds. The number of benzene rings is 1. The first kappa shape index (κ1) is 14.2. The molecule has 0 atom stereocenters. The number of Topliss-reactive ketones (excluding diaryl/α,β-unsaturated/α-hetero) is 1. The summed E-state index contributed by atoms with van der Waals surface area (Å²) in [5, 5.41) is 11.0. The van der Waals surface area contributed by atoms with E-state index in [4.69, 9.17) is 4.74 Å².